The lowest BCUT2D eigenvalue weighted by molar-refractivity contribution is 0.104. The number of fused-ring (bicyclic) bond motifs is 9. The first-order chi connectivity index (χ1) is 12.7. The topological polar surface area (TPSA) is 56.2 Å². The van der Waals surface area contributed by atoms with Crippen LogP contribution in [0.15, 0.2) is 71.1 Å². The van der Waals surface area contributed by atoms with Crippen LogP contribution >= 0.6 is 0 Å². The predicted molar refractivity (Wildman–Crippen MR) is 105 cm³/mol. The molecule has 0 saturated carbocycles. The number of ketones is 1. The second-order valence-electron chi connectivity index (χ2n) is 6.73. The van der Waals surface area contributed by atoms with Crippen molar-refractivity contribution in [1.29, 1.82) is 0 Å². The second-order valence-corrected chi connectivity index (χ2v) is 6.73. The van der Waals surface area contributed by atoms with Gasteiger partial charge in [0.2, 0.25) is 0 Å². The maximum atomic E-state index is 13.0. The number of benzene rings is 4. The minimum Gasteiger partial charge on any atom is -0.455 e. The maximum absolute atomic E-state index is 13.0. The summed E-state index contributed by atoms with van der Waals surface area (Å²) in [5.41, 5.74) is 11.6. The van der Waals surface area contributed by atoms with Crippen LogP contribution in [0.5, 0.6) is 0 Å². The third-order valence-corrected chi connectivity index (χ3v) is 5.36. The van der Waals surface area contributed by atoms with Crippen molar-refractivity contribution in [2.24, 2.45) is 0 Å². The van der Waals surface area contributed by atoms with Gasteiger partial charge in [-0.1, -0.05) is 42.5 Å². The summed E-state index contributed by atoms with van der Waals surface area (Å²) in [6.45, 7) is 0. The fourth-order valence-corrected chi connectivity index (χ4v) is 4.22. The molecule has 2 N–H and O–H groups in total. The van der Waals surface area contributed by atoms with E-state index in [0.29, 0.717) is 16.8 Å². The molecule has 26 heavy (non-hydrogen) atoms. The lowest BCUT2D eigenvalue weighted by atomic mass is 9.95. The highest BCUT2D eigenvalue weighted by atomic mass is 16.3. The van der Waals surface area contributed by atoms with Gasteiger partial charge in [0.15, 0.2) is 5.78 Å². The first-order valence-electron chi connectivity index (χ1n) is 8.54. The summed E-state index contributed by atoms with van der Waals surface area (Å²) in [4.78, 5) is 13.0. The Kier molecular flexibility index (Phi) is 2.38. The van der Waals surface area contributed by atoms with E-state index in [1.165, 1.54) is 0 Å². The van der Waals surface area contributed by atoms with Crippen molar-refractivity contribution in [3.05, 3.63) is 77.9 Å². The fraction of sp³-hybridized carbons (Fsp3) is 0. The first kappa shape index (κ1) is 13.7. The van der Waals surface area contributed by atoms with E-state index in [1.54, 1.807) is 6.07 Å². The van der Waals surface area contributed by atoms with E-state index in [9.17, 15) is 4.79 Å². The highest BCUT2D eigenvalue weighted by Crippen LogP contribution is 2.48. The van der Waals surface area contributed by atoms with Crippen LogP contribution in [0, 0.1) is 0 Å². The summed E-state index contributed by atoms with van der Waals surface area (Å²) >= 11 is 0. The Labute approximate surface area is 148 Å². The van der Waals surface area contributed by atoms with Gasteiger partial charge in [-0.2, -0.15) is 0 Å². The van der Waals surface area contributed by atoms with Crippen molar-refractivity contribution in [1.82, 2.24) is 0 Å². The SMILES string of the molecule is Nc1cc2c(c3ccccc13)-c1c(ccc3c1oc1ccccc13)C2=O. The Morgan fingerprint density at radius 3 is 2.27 bits per heavy atom. The molecular formula is C23H13NO2. The van der Waals surface area contributed by atoms with E-state index in [-0.39, 0.29) is 5.78 Å². The number of carbonyl (C=O) groups excluding carboxylic acids is 1. The fourth-order valence-electron chi connectivity index (χ4n) is 4.22. The molecule has 0 atom stereocenters. The third kappa shape index (κ3) is 1.51. The van der Waals surface area contributed by atoms with Gasteiger partial charge in [-0.3, -0.25) is 4.79 Å². The van der Waals surface area contributed by atoms with Crippen molar-refractivity contribution in [3.8, 4) is 11.1 Å². The zero-order valence-corrected chi connectivity index (χ0v) is 13.7. The molecule has 1 aromatic heterocycles. The number of nitrogens with two attached hydrogens (primary N) is 1. The summed E-state index contributed by atoms with van der Waals surface area (Å²) < 4.78 is 6.20. The van der Waals surface area contributed by atoms with Gasteiger partial charge in [-0.25, -0.2) is 0 Å². The molecule has 1 aliphatic carbocycles. The molecule has 4 aromatic carbocycles. The zero-order valence-electron chi connectivity index (χ0n) is 13.7. The number of anilines is 1. The lowest BCUT2D eigenvalue weighted by Gasteiger charge is -2.09. The molecular weight excluding hydrogens is 322 g/mol. The normalized spacial score (nSPS) is 12.8. The van der Waals surface area contributed by atoms with Gasteiger partial charge < -0.3 is 10.2 Å². The molecule has 6 rings (SSSR count). The highest BCUT2D eigenvalue weighted by Gasteiger charge is 2.32. The Morgan fingerprint density at radius 1 is 0.692 bits per heavy atom. The number of carbonyl (C=O) groups is 1. The molecule has 0 aliphatic heterocycles. The van der Waals surface area contributed by atoms with Crippen LogP contribution in [0.3, 0.4) is 0 Å². The third-order valence-electron chi connectivity index (χ3n) is 5.36. The molecule has 0 fully saturated rings. The largest absolute Gasteiger partial charge is 0.455 e. The van der Waals surface area contributed by atoms with Crippen LogP contribution in [-0.4, -0.2) is 5.78 Å². The van der Waals surface area contributed by atoms with E-state index >= 15 is 0 Å². The van der Waals surface area contributed by atoms with Gasteiger partial charge in [-0.15, -0.1) is 0 Å². The Morgan fingerprint density at radius 2 is 1.42 bits per heavy atom. The van der Waals surface area contributed by atoms with Crippen LogP contribution in [0.25, 0.3) is 43.8 Å². The first-order valence-corrected chi connectivity index (χ1v) is 8.54. The van der Waals surface area contributed by atoms with Crippen LogP contribution < -0.4 is 5.73 Å². The van der Waals surface area contributed by atoms with Gasteiger partial charge in [0.05, 0.1) is 0 Å². The molecule has 3 nitrogen and oxygen atoms in total. The minimum atomic E-state index is 0.00908. The monoisotopic (exact) mass is 335 g/mol. The molecule has 1 aliphatic rings. The summed E-state index contributed by atoms with van der Waals surface area (Å²) in [6, 6.07) is 21.6. The van der Waals surface area contributed by atoms with Crippen molar-refractivity contribution in [2.45, 2.75) is 0 Å². The molecule has 5 aromatic rings. The average molecular weight is 335 g/mol. The van der Waals surface area contributed by atoms with Crippen molar-refractivity contribution in [3.63, 3.8) is 0 Å². The lowest BCUT2D eigenvalue weighted by Crippen LogP contribution is -1.97. The number of para-hydroxylation sites is 1. The number of rotatable bonds is 0. The smallest absolute Gasteiger partial charge is 0.194 e. The van der Waals surface area contributed by atoms with E-state index < -0.39 is 0 Å². The quantitative estimate of drug-likeness (QED) is 0.371. The van der Waals surface area contributed by atoms with E-state index in [0.717, 1.165) is 43.8 Å². The van der Waals surface area contributed by atoms with Crippen LogP contribution in [-0.2, 0) is 0 Å². The van der Waals surface area contributed by atoms with E-state index in [1.807, 2.05) is 60.7 Å². The predicted octanol–water partition coefficient (Wildman–Crippen LogP) is 5.53. The van der Waals surface area contributed by atoms with Crippen LogP contribution in [0.1, 0.15) is 15.9 Å². The highest BCUT2D eigenvalue weighted by molar-refractivity contribution is 6.31. The van der Waals surface area contributed by atoms with Gasteiger partial charge in [0, 0.05) is 44.1 Å². The number of hydrogen-bond donors (Lipinski definition) is 1. The standard InChI is InChI=1S/C23H13NO2/c24-18-11-17-20(14-7-2-1-5-12(14)18)21-16(22(17)25)10-9-15-13-6-3-4-8-19(13)26-23(15)21/h1-11H,24H2. The number of nitrogen functional groups attached to an aromatic ring is 1. The van der Waals surface area contributed by atoms with Crippen molar-refractivity contribution >= 4 is 44.2 Å². The van der Waals surface area contributed by atoms with E-state index in [4.69, 9.17) is 10.2 Å². The van der Waals surface area contributed by atoms with Gasteiger partial charge in [0.1, 0.15) is 11.2 Å². The van der Waals surface area contributed by atoms with Gasteiger partial charge >= 0.3 is 0 Å². The second kappa shape index (κ2) is 4.52. The molecule has 1 heterocycles. The van der Waals surface area contributed by atoms with Crippen LogP contribution in [0.2, 0.25) is 0 Å². The average Bonchev–Trinajstić information content (AvgIpc) is 3.18. The van der Waals surface area contributed by atoms with Crippen molar-refractivity contribution in [2.75, 3.05) is 5.73 Å². The summed E-state index contributed by atoms with van der Waals surface area (Å²) in [7, 11) is 0. The molecule has 122 valence electrons. The molecule has 3 heteroatoms. The maximum Gasteiger partial charge on any atom is 0.194 e. The molecule has 0 amide bonds. The van der Waals surface area contributed by atoms with Crippen molar-refractivity contribution < 1.29 is 9.21 Å². The molecule has 0 spiro atoms. The number of hydrogen-bond acceptors (Lipinski definition) is 3. The van der Waals surface area contributed by atoms with E-state index in [2.05, 4.69) is 0 Å². The molecule has 0 radical (unpaired) electrons. The van der Waals surface area contributed by atoms with Gasteiger partial charge in [-0.05, 0) is 29.7 Å². The minimum absolute atomic E-state index is 0.00908. The summed E-state index contributed by atoms with van der Waals surface area (Å²) in [5.74, 6) is 0.00908. The molecule has 0 unspecified atom stereocenters. The van der Waals surface area contributed by atoms with Gasteiger partial charge in [0.25, 0.3) is 0 Å². The summed E-state index contributed by atoms with van der Waals surface area (Å²) in [6.07, 6.45) is 0. The molecule has 0 bridgehead atoms. The Balaban J connectivity index is 1.87. The summed E-state index contributed by atoms with van der Waals surface area (Å²) in [5, 5.41) is 4.04. The van der Waals surface area contributed by atoms with Crippen LogP contribution in [0.4, 0.5) is 5.69 Å². The zero-order chi connectivity index (χ0) is 17.4. The Hall–Kier alpha value is -3.59. The Bertz CT molecular complexity index is 1410. The number of furan rings is 1. The molecule has 0 saturated heterocycles.